The van der Waals surface area contributed by atoms with E-state index in [2.05, 4.69) is 46.8 Å². The van der Waals surface area contributed by atoms with Crippen molar-refractivity contribution in [2.24, 2.45) is 0 Å². The lowest BCUT2D eigenvalue weighted by atomic mass is 10.0. The second-order valence-corrected chi connectivity index (χ2v) is 14.1. The Kier molecular flexibility index (Phi) is 23.0. The number of hydrogen-bond donors (Lipinski definition) is 0. The molecule has 0 aliphatic heterocycles. The number of rotatable bonds is 24. The van der Waals surface area contributed by atoms with Crippen LogP contribution in [-0.2, 0) is 4.43 Å². The van der Waals surface area contributed by atoms with E-state index in [1.165, 1.54) is 127 Å². The Hall–Kier alpha value is -0.0831. The molecule has 0 bridgehead atoms. The predicted octanol–water partition coefficient (Wildman–Crippen LogP) is 11.0. The third-order valence-corrected chi connectivity index (χ3v) is 11.9. The first kappa shape index (κ1) is 30.9. The van der Waals surface area contributed by atoms with Gasteiger partial charge in [-0.05, 0) is 37.9 Å². The Bertz CT molecular complexity index is 362. The van der Waals surface area contributed by atoms with E-state index in [1.807, 2.05) is 0 Å². The molecule has 1 nitrogen and oxygen atoms in total. The second-order valence-electron chi connectivity index (χ2n) is 10.0. The van der Waals surface area contributed by atoms with Crippen LogP contribution < -0.4 is 0 Å². The summed E-state index contributed by atoms with van der Waals surface area (Å²) >= 11 is 0. The third kappa shape index (κ3) is 18.1. The van der Waals surface area contributed by atoms with E-state index in [0.717, 1.165) is 6.42 Å². The normalized spacial score (nSPS) is 13.3. The summed E-state index contributed by atoms with van der Waals surface area (Å²) in [5.74, 6) is 0. The fourth-order valence-electron chi connectivity index (χ4n) is 5.17. The van der Waals surface area contributed by atoms with Gasteiger partial charge in [0, 0.05) is 6.10 Å². The molecule has 0 rings (SSSR count). The van der Waals surface area contributed by atoms with E-state index >= 15 is 0 Å². The summed E-state index contributed by atoms with van der Waals surface area (Å²) in [6.07, 6.45) is 29.9. The van der Waals surface area contributed by atoms with Crippen LogP contribution >= 0.6 is 0 Å². The lowest BCUT2D eigenvalue weighted by Gasteiger charge is -2.35. The summed E-state index contributed by atoms with van der Waals surface area (Å²) in [7, 11) is -1.55. The fraction of sp³-hybridized carbons (Fsp3) is 0.931. The molecule has 1 atom stereocenters. The van der Waals surface area contributed by atoms with Crippen molar-refractivity contribution in [1.82, 2.24) is 0 Å². The average molecular weight is 453 g/mol. The van der Waals surface area contributed by atoms with Gasteiger partial charge >= 0.3 is 0 Å². The molecule has 0 spiro atoms. The van der Waals surface area contributed by atoms with Gasteiger partial charge in [-0.3, -0.25) is 0 Å². The SMILES string of the molecule is C/C=C/C[C@@H](CCCCCCCCCCCCCCC)O[Si](CCC)(CCC)CCC. The number of hydrogen-bond acceptors (Lipinski definition) is 1. The topological polar surface area (TPSA) is 9.23 Å². The Morgan fingerprint density at radius 2 is 1.00 bits per heavy atom. The van der Waals surface area contributed by atoms with Crippen LogP contribution in [0.1, 0.15) is 150 Å². The van der Waals surface area contributed by atoms with Crippen LogP contribution in [-0.4, -0.2) is 14.4 Å². The monoisotopic (exact) mass is 452 g/mol. The highest BCUT2D eigenvalue weighted by Crippen LogP contribution is 2.31. The van der Waals surface area contributed by atoms with Crippen molar-refractivity contribution in [3.05, 3.63) is 12.2 Å². The highest BCUT2D eigenvalue weighted by atomic mass is 28.4. The van der Waals surface area contributed by atoms with Gasteiger partial charge in [0.2, 0.25) is 0 Å². The summed E-state index contributed by atoms with van der Waals surface area (Å²) in [4.78, 5) is 0. The fourth-order valence-corrected chi connectivity index (χ4v) is 9.93. The lowest BCUT2D eigenvalue weighted by molar-refractivity contribution is 0.173. The molecule has 0 aromatic heterocycles. The zero-order valence-corrected chi connectivity index (χ0v) is 23.5. The quantitative estimate of drug-likeness (QED) is 0.0803. The highest BCUT2D eigenvalue weighted by Gasteiger charge is 2.34. The summed E-state index contributed by atoms with van der Waals surface area (Å²) in [6.45, 7) is 11.5. The van der Waals surface area contributed by atoms with Crippen molar-refractivity contribution in [3.8, 4) is 0 Å². The molecule has 0 heterocycles. The average Bonchev–Trinajstić information content (AvgIpc) is 2.75. The van der Waals surface area contributed by atoms with Gasteiger partial charge in [-0.25, -0.2) is 0 Å². The van der Waals surface area contributed by atoms with Gasteiger partial charge in [-0.2, -0.15) is 0 Å². The van der Waals surface area contributed by atoms with E-state index in [1.54, 1.807) is 0 Å². The Balaban J connectivity index is 4.10. The molecule has 0 saturated carbocycles. The molecule has 0 unspecified atom stereocenters. The van der Waals surface area contributed by atoms with Gasteiger partial charge in [0.05, 0.1) is 0 Å². The van der Waals surface area contributed by atoms with Crippen molar-refractivity contribution in [2.75, 3.05) is 0 Å². The van der Waals surface area contributed by atoms with Crippen molar-refractivity contribution in [1.29, 1.82) is 0 Å². The van der Waals surface area contributed by atoms with Crippen molar-refractivity contribution < 1.29 is 4.43 Å². The van der Waals surface area contributed by atoms with Crippen molar-refractivity contribution in [3.63, 3.8) is 0 Å². The van der Waals surface area contributed by atoms with Crippen LogP contribution in [0.3, 0.4) is 0 Å². The third-order valence-electron chi connectivity index (χ3n) is 6.80. The molecule has 186 valence electrons. The second kappa shape index (κ2) is 23.1. The molecule has 31 heavy (non-hydrogen) atoms. The molecule has 2 heteroatoms. The van der Waals surface area contributed by atoms with E-state index in [4.69, 9.17) is 4.43 Å². The molecular weight excluding hydrogens is 392 g/mol. The van der Waals surface area contributed by atoms with Crippen molar-refractivity contribution in [2.45, 2.75) is 174 Å². The Labute approximate surface area is 199 Å². The van der Waals surface area contributed by atoms with Crippen molar-refractivity contribution >= 4 is 8.32 Å². The first-order chi connectivity index (χ1) is 15.2. The molecule has 0 aliphatic rings. The maximum Gasteiger partial charge on any atom is 0.193 e. The van der Waals surface area contributed by atoms with Crippen LogP contribution in [0, 0.1) is 0 Å². The molecule has 0 aromatic carbocycles. The van der Waals surface area contributed by atoms with Gasteiger partial charge in [0.25, 0.3) is 0 Å². The molecule has 0 saturated heterocycles. The number of allylic oxidation sites excluding steroid dienone is 1. The summed E-state index contributed by atoms with van der Waals surface area (Å²) in [6, 6.07) is 4.08. The Morgan fingerprint density at radius 3 is 1.39 bits per heavy atom. The minimum absolute atomic E-state index is 0.472. The molecule has 0 amide bonds. The standard InChI is InChI=1S/C29H60OSi/c1-6-11-13-14-15-16-17-18-19-20-21-22-23-25-29(24-12-7-2)30-31(26-8-3,27-9-4)28-10-5/h7,12,29H,6,8-11,13-28H2,1-5H3/b12-7+/t29-/m0/s1. The largest absolute Gasteiger partial charge is 0.414 e. The van der Waals surface area contributed by atoms with Crippen LogP contribution in [0.25, 0.3) is 0 Å². The summed E-state index contributed by atoms with van der Waals surface area (Å²) in [5.41, 5.74) is 0. The zero-order valence-electron chi connectivity index (χ0n) is 22.5. The zero-order chi connectivity index (χ0) is 23.0. The molecule has 0 N–H and O–H groups in total. The molecule has 0 aromatic rings. The van der Waals surface area contributed by atoms with Crippen LogP contribution in [0.15, 0.2) is 12.2 Å². The van der Waals surface area contributed by atoms with E-state index in [-0.39, 0.29) is 0 Å². The molecule has 0 radical (unpaired) electrons. The molecular formula is C29H60OSi. The van der Waals surface area contributed by atoms with Gasteiger partial charge in [-0.1, -0.05) is 143 Å². The maximum atomic E-state index is 7.06. The highest BCUT2D eigenvalue weighted by molar-refractivity contribution is 6.73. The van der Waals surface area contributed by atoms with E-state index < -0.39 is 8.32 Å². The van der Waals surface area contributed by atoms with Crippen LogP contribution in [0.4, 0.5) is 0 Å². The minimum Gasteiger partial charge on any atom is -0.414 e. The van der Waals surface area contributed by atoms with Crippen LogP contribution in [0.2, 0.25) is 18.1 Å². The van der Waals surface area contributed by atoms with Gasteiger partial charge in [0.15, 0.2) is 8.32 Å². The molecule has 0 aliphatic carbocycles. The number of unbranched alkanes of at least 4 members (excludes halogenated alkanes) is 12. The molecule has 0 fully saturated rings. The lowest BCUT2D eigenvalue weighted by Crippen LogP contribution is -2.41. The smallest absolute Gasteiger partial charge is 0.193 e. The summed E-state index contributed by atoms with van der Waals surface area (Å²) < 4.78 is 7.06. The predicted molar refractivity (Wildman–Crippen MR) is 146 cm³/mol. The van der Waals surface area contributed by atoms with E-state index in [0.29, 0.717) is 6.10 Å². The van der Waals surface area contributed by atoms with Gasteiger partial charge in [0.1, 0.15) is 0 Å². The minimum atomic E-state index is -1.55. The maximum absolute atomic E-state index is 7.06. The Morgan fingerprint density at radius 1 is 0.581 bits per heavy atom. The summed E-state index contributed by atoms with van der Waals surface area (Å²) in [5, 5.41) is 0. The van der Waals surface area contributed by atoms with Gasteiger partial charge < -0.3 is 4.43 Å². The van der Waals surface area contributed by atoms with Crippen LogP contribution in [0.5, 0.6) is 0 Å². The van der Waals surface area contributed by atoms with Gasteiger partial charge in [-0.15, -0.1) is 0 Å². The first-order valence-corrected chi connectivity index (χ1v) is 17.0. The first-order valence-electron chi connectivity index (χ1n) is 14.5. The van der Waals surface area contributed by atoms with E-state index in [9.17, 15) is 0 Å².